The van der Waals surface area contributed by atoms with Gasteiger partial charge in [0.15, 0.2) is 0 Å². The second-order valence-corrected chi connectivity index (χ2v) is 19.4. The van der Waals surface area contributed by atoms with Gasteiger partial charge in [0.2, 0.25) is 0 Å². The van der Waals surface area contributed by atoms with Gasteiger partial charge in [-0.05, 0) is 146 Å². The largest absolute Gasteiger partial charge is 0.465 e. The number of esters is 1. The third-order valence-corrected chi connectivity index (χ3v) is 17.2. The topological polar surface area (TPSA) is 53.6 Å². The molecule has 2 bridgehead atoms. The summed E-state index contributed by atoms with van der Waals surface area (Å²) in [5.41, 5.74) is 6.15. The molecular weight excluding hydrogens is 603 g/mol. The van der Waals surface area contributed by atoms with E-state index in [1.54, 1.807) is 0 Å². The summed E-state index contributed by atoms with van der Waals surface area (Å²) < 4.78 is 4.98. The monoisotopic (exact) mass is 668 g/mol. The number of rotatable bonds is 7. The molecule has 5 nitrogen and oxygen atoms in total. The van der Waals surface area contributed by atoms with Gasteiger partial charge in [-0.25, -0.2) is 4.79 Å². The maximum Gasteiger partial charge on any atom is 0.337 e. The summed E-state index contributed by atoms with van der Waals surface area (Å²) >= 11 is 0. The molecule has 11 atom stereocenters. The Hall–Kier alpha value is -1.95. The van der Waals surface area contributed by atoms with Gasteiger partial charge in [-0.15, -0.1) is 0 Å². The summed E-state index contributed by atoms with van der Waals surface area (Å²) in [6, 6.07) is 9.66. The zero-order valence-corrected chi connectivity index (χ0v) is 31.8. The molecule has 0 radical (unpaired) electrons. The number of ether oxygens (including phenoxy) is 1. The Morgan fingerprint density at radius 1 is 0.939 bits per heavy atom. The van der Waals surface area contributed by atoms with Crippen LogP contribution in [0.5, 0.6) is 0 Å². The van der Waals surface area contributed by atoms with Gasteiger partial charge in [-0.2, -0.15) is 0 Å². The van der Waals surface area contributed by atoms with E-state index in [2.05, 4.69) is 81.9 Å². The fraction of sp³-hybridized carbons (Fsp3) is 0.750. The highest BCUT2D eigenvalue weighted by molar-refractivity contribution is 5.89. The lowest BCUT2D eigenvalue weighted by Crippen LogP contribution is -2.69. The molecule has 5 aliphatic carbocycles. The Kier molecular flexibility index (Phi) is 8.21. The first-order valence-electron chi connectivity index (χ1n) is 20.0. The van der Waals surface area contributed by atoms with Crippen molar-refractivity contribution in [1.82, 2.24) is 15.5 Å². The van der Waals surface area contributed by atoms with E-state index in [0.717, 1.165) is 36.9 Å². The molecule has 2 N–H and O–H groups in total. The Morgan fingerprint density at radius 3 is 2.33 bits per heavy atom. The zero-order valence-electron chi connectivity index (χ0n) is 31.8. The van der Waals surface area contributed by atoms with Crippen molar-refractivity contribution in [3.63, 3.8) is 0 Å². The SMILES string of the molecule is C=C(C)C1CCC2(NCCN3CC4CC(C3)N4)CCC3(C)C(CCC4C5(C)CC=C(c6ccc(C(=O)OC)cc6)C(C)(C)C5CCC43C)C12. The Bertz CT molecular complexity index is 1500. The molecule has 0 aromatic heterocycles. The molecular formula is C44H65N3O2. The summed E-state index contributed by atoms with van der Waals surface area (Å²) in [6.45, 7) is 25.1. The van der Waals surface area contributed by atoms with E-state index < -0.39 is 0 Å². The third-order valence-electron chi connectivity index (χ3n) is 17.2. The van der Waals surface area contributed by atoms with Gasteiger partial charge >= 0.3 is 5.97 Å². The number of fused-ring (bicyclic) bond motifs is 9. The van der Waals surface area contributed by atoms with Crippen molar-refractivity contribution in [3.05, 3.63) is 53.6 Å². The van der Waals surface area contributed by atoms with Gasteiger partial charge in [-0.3, -0.25) is 4.90 Å². The van der Waals surface area contributed by atoms with Crippen molar-refractivity contribution in [2.75, 3.05) is 33.3 Å². The number of piperidine rings is 1. The van der Waals surface area contributed by atoms with Gasteiger partial charge in [0.1, 0.15) is 0 Å². The van der Waals surface area contributed by atoms with Crippen LogP contribution in [0.15, 0.2) is 42.5 Å². The second kappa shape index (κ2) is 11.8. The van der Waals surface area contributed by atoms with Crippen molar-refractivity contribution < 1.29 is 9.53 Å². The van der Waals surface area contributed by atoms with Crippen molar-refractivity contribution in [3.8, 4) is 0 Å². The number of methoxy groups -OCH3 is 1. The molecule has 1 aromatic carbocycles. The minimum Gasteiger partial charge on any atom is -0.465 e. The first kappa shape index (κ1) is 34.2. The zero-order chi connectivity index (χ0) is 34.6. The van der Waals surface area contributed by atoms with Crippen molar-refractivity contribution in [1.29, 1.82) is 0 Å². The van der Waals surface area contributed by atoms with E-state index in [9.17, 15) is 4.79 Å². The smallest absolute Gasteiger partial charge is 0.337 e. The fourth-order valence-corrected chi connectivity index (χ4v) is 14.7. The highest BCUT2D eigenvalue weighted by Crippen LogP contribution is 2.76. The molecule has 4 saturated carbocycles. The highest BCUT2D eigenvalue weighted by atomic mass is 16.5. The number of piperazine rings is 1. The normalized spacial score (nSPS) is 45.1. The van der Waals surface area contributed by atoms with E-state index in [-0.39, 0.29) is 16.9 Å². The van der Waals surface area contributed by atoms with Crippen LogP contribution in [0.3, 0.4) is 0 Å². The summed E-state index contributed by atoms with van der Waals surface area (Å²) in [4.78, 5) is 14.9. The quantitative estimate of drug-likeness (QED) is 0.226. The minimum absolute atomic E-state index is 0.0753. The lowest BCUT2D eigenvalue weighted by atomic mass is 9.33. The number of hydrogen-bond donors (Lipinski definition) is 2. The molecule has 8 aliphatic rings. The predicted octanol–water partition coefficient (Wildman–Crippen LogP) is 8.51. The lowest BCUT2D eigenvalue weighted by molar-refractivity contribution is -0.219. The molecule has 9 rings (SSSR count). The highest BCUT2D eigenvalue weighted by Gasteiger charge is 2.70. The van der Waals surface area contributed by atoms with Crippen LogP contribution in [-0.2, 0) is 4.74 Å². The standard InChI is InChI=1S/C44H65N3O2/c1-28(2)33-15-20-44(45-23-24-47-26-31-25-32(27-47)46-31)22-21-42(6)35(38(33)44)13-14-37-41(5)18-16-34(29-9-11-30(12-10-29)39(48)49-8)40(3,4)36(41)17-19-43(37,42)7/h9-12,16,31-33,35-38,45-46H,1,13-15,17-27H2,2-8H3. The average molecular weight is 668 g/mol. The molecule has 49 heavy (non-hydrogen) atoms. The Balaban J connectivity index is 1.05. The first-order chi connectivity index (χ1) is 23.3. The molecule has 0 amide bonds. The van der Waals surface area contributed by atoms with Crippen LogP contribution in [0.4, 0.5) is 0 Å². The Morgan fingerprint density at radius 2 is 1.65 bits per heavy atom. The third kappa shape index (κ3) is 4.97. The molecule has 268 valence electrons. The average Bonchev–Trinajstić information content (AvgIpc) is 3.44. The number of carbonyl (C=O) groups excluding carboxylic acids is 1. The van der Waals surface area contributed by atoms with Crippen LogP contribution >= 0.6 is 0 Å². The van der Waals surface area contributed by atoms with Crippen LogP contribution in [0, 0.1) is 51.2 Å². The predicted molar refractivity (Wildman–Crippen MR) is 200 cm³/mol. The van der Waals surface area contributed by atoms with E-state index in [1.807, 2.05) is 12.1 Å². The first-order valence-corrected chi connectivity index (χ1v) is 20.0. The summed E-state index contributed by atoms with van der Waals surface area (Å²) in [6.07, 6.45) is 15.9. The number of hydrogen-bond acceptors (Lipinski definition) is 5. The second-order valence-electron chi connectivity index (χ2n) is 19.4. The summed E-state index contributed by atoms with van der Waals surface area (Å²) in [5.74, 6) is 3.26. The van der Waals surface area contributed by atoms with Gasteiger partial charge in [0.25, 0.3) is 0 Å². The van der Waals surface area contributed by atoms with Crippen molar-refractivity contribution in [2.24, 2.45) is 51.2 Å². The van der Waals surface area contributed by atoms with Crippen molar-refractivity contribution in [2.45, 2.75) is 123 Å². The van der Waals surface area contributed by atoms with E-state index in [0.29, 0.717) is 39.6 Å². The Labute approximate surface area is 297 Å². The summed E-state index contributed by atoms with van der Waals surface area (Å²) in [5, 5.41) is 8.07. The van der Waals surface area contributed by atoms with Crippen LogP contribution in [0.1, 0.15) is 122 Å². The number of benzene rings is 1. The number of nitrogens with one attached hydrogen (secondary N) is 2. The molecule has 0 spiro atoms. The molecule has 3 aliphatic heterocycles. The maximum absolute atomic E-state index is 12.1. The van der Waals surface area contributed by atoms with Gasteiger partial charge in [-0.1, -0.05) is 65.0 Å². The van der Waals surface area contributed by atoms with Gasteiger partial charge in [0, 0.05) is 43.8 Å². The van der Waals surface area contributed by atoms with Gasteiger partial charge < -0.3 is 15.4 Å². The van der Waals surface area contributed by atoms with Crippen LogP contribution in [0.25, 0.3) is 5.57 Å². The van der Waals surface area contributed by atoms with E-state index >= 15 is 0 Å². The number of nitrogens with zero attached hydrogens (tertiary/aromatic N) is 1. The lowest BCUT2D eigenvalue weighted by Gasteiger charge is -2.72. The minimum atomic E-state index is -0.263. The van der Waals surface area contributed by atoms with Gasteiger partial charge in [0.05, 0.1) is 12.7 Å². The van der Waals surface area contributed by atoms with Crippen LogP contribution < -0.4 is 10.6 Å². The molecule has 3 heterocycles. The van der Waals surface area contributed by atoms with E-state index in [4.69, 9.17) is 4.74 Å². The number of carbonyl (C=O) groups is 1. The fourth-order valence-electron chi connectivity index (χ4n) is 14.7. The molecule has 1 aromatic rings. The summed E-state index contributed by atoms with van der Waals surface area (Å²) in [7, 11) is 1.46. The molecule has 7 fully saturated rings. The number of allylic oxidation sites excluding steroid dienone is 3. The molecule has 3 saturated heterocycles. The van der Waals surface area contributed by atoms with Crippen LogP contribution in [-0.4, -0.2) is 61.8 Å². The van der Waals surface area contributed by atoms with E-state index in [1.165, 1.54) is 101 Å². The molecule has 11 unspecified atom stereocenters. The van der Waals surface area contributed by atoms with Crippen LogP contribution in [0.2, 0.25) is 0 Å². The van der Waals surface area contributed by atoms with Crippen molar-refractivity contribution >= 4 is 11.5 Å². The maximum atomic E-state index is 12.1. The molecule has 5 heteroatoms.